The van der Waals surface area contributed by atoms with Gasteiger partial charge in [0.2, 0.25) is 0 Å². The minimum atomic E-state index is -0.325. The minimum Gasteiger partial charge on any atom is -0.484 e. The zero-order valence-electron chi connectivity index (χ0n) is 14.5. The molecule has 0 radical (unpaired) electrons. The number of aromatic nitrogens is 2. The monoisotopic (exact) mass is 356 g/mol. The van der Waals surface area contributed by atoms with Crippen molar-refractivity contribution in [3.05, 3.63) is 47.4 Å². The molecule has 6 nitrogen and oxygen atoms in total. The number of halogens is 1. The second kappa shape index (κ2) is 7.27. The number of rotatable bonds is 4. The Labute approximate surface area is 151 Å². The van der Waals surface area contributed by atoms with Crippen molar-refractivity contribution < 1.29 is 13.9 Å². The third-order valence-corrected chi connectivity index (χ3v) is 4.94. The van der Waals surface area contributed by atoms with Crippen LogP contribution < -0.4 is 9.64 Å². The number of nitrogens with zero attached hydrogens (tertiary/aromatic N) is 4. The van der Waals surface area contributed by atoms with Gasteiger partial charge in [-0.05, 0) is 55.2 Å². The maximum Gasteiger partial charge on any atom is 0.260 e. The molecular formula is C19H21FN4O2. The minimum absolute atomic E-state index is 0.0374. The third kappa shape index (κ3) is 3.61. The number of benzene rings is 1. The topological polar surface area (TPSA) is 58.6 Å². The number of ether oxygens (including phenoxy) is 1. The van der Waals surface area contributed by atoms with Gasteiger partial charge >= 0.3 is 0 Å². The van der Waals surface area contributed by atoms with Crippen LogP contribution in [0.1, 0.15) is 17.7 Å². The number of anilines is 1. The summed E-state index contributed by atoms with van der Waals surface area (Å²) in [5.74, 6) is 1.01. The van der Waals surface area contributed by atoms with Gasteiger partial charge < -0.3 is 14.5 Å². The van der Waals surface area contributed by atoms with Crippen molar-refractivity contribution in [3.63, 3.8) is 0 Å². The lowest BCUT2D eigenvalue weighted by Gasteiger charge is -2.35. The van der Waals surface area contributed by atoms with Crippen LogP contribution in [0.2, 0.25) is 0 Å². The van der Waals surface area contributed by atoms with Crippen molar-refractivity contribution in [1.82, 2.24) is 15.1 Å². The van der Waals surface area contributed by atoms with E-state index >= 15 is 0 Å². The molecule has 7 heteroatoms. The van der Waals surface area contributed by atoms with Crippen LogP contribution in [0.3, 0.4) is 0 Å². The van der Waals surface area contributed by atoms with Crippen LogP contribution in [-0.2, 0) is 17.6 Å². The Balaban J connectivity index is 1.29. The van der Waals surface area contributed by atoms with Crippen LogP contribution in [0.4, 0.5) is 10.2 Å². The van der Waals surface area contributed by atoms with Crippen molar-refractivity contribution in [1.29, 1.82) is 0 Å². The molecule has 1 amide bonds. The molecule has 1 aromatic heterocycles. The second-order valence-electron chi connectivity index (χ2n) is 6.64. The first-order chi connectivity index (χ1) is 12.7. The molecule has 0 N–H and O–H groups in total. The normalized spacial score (nSPS) is 16.5. The number of fused-ring (bicyclic) bond motifs is 1. The van der Waals surface area contributed by atoms with E-state index in [1.54, 1.807) is 4.90 Å². The second-order valence-corrected chi connectivity index (χ2v) is 6.64. The molecule has 2 aliphatic rings. The predicted molar refractivity (Wildman–Crippen MR) is 94.7 cm³/mol. The lowest BCUT2D eigenvalue weighted by molar-refractivity contribution is -0.133. The van der Waals surface area contributed by atoms with E-state index < -0.39 is 0 Å². The standard InChI is InChI=1S/C19H21FN4O2/c20-15-4-6-16(7-5-15)26-13-19(25)24-10-8-23(9-11-24)18-12-14-2-1-3-17(14)21-22-18/h4-7,12H,1-3,8-11,13H2. The number of aryl methyl sites for hydroxylation is 2. The molecule has 1 aliphatic carbocycles. The highest BCUT2D eigenvalue weighted by Gasteiger charge is 2.23. The van der Waals surface area contributed by atoms with E-state index in [-0.39, 0.29) is 18.3 Å². The summed E-state index contributed by atoms with van der Waals surface area (Å²) in [7, 11) is 0. The van der Waals surface area contributed by atoms with Crippen LogP contribution in [0, 0.1) is 5.82 Å². The Kier molecular flexibility index (Phi) is 4.69. The molecule has 1 saturated heterocycles. The maximum absolute atomic E-state index is 12.9. The summed E-state index contributed by atoms with van der Waals surface area (Å²) in [6.07, 6.45) is 3.26. The number of hydrogen-bond donors (Lipinski definition) is 0. The zero-order chi connectivity index (χ0) is 17.9. The van der Waals surface area contributed by atoms with Crippen molar-refractivity contribution in [2.24, 2.45) is 0 Å². The summed E-state index contributed by atoms with van der Waals surface area (Å²) in [4.78, 5) is 16.3. The van der Waals surface area contributed by atoms with E-state index in [1.807, 2.05) is 0 Å². The fourth-order valence-corrected chi connectivity index (χ4v) is 3.42. The van der Waals surface area contributed by atoms with E-state index in [0.29, 0.717) is 18.8 Å². The van der Waals surface area contributed by atoms with Gasteiger partial charge in [0.05, 0.1) is 5.69 Å². The van der Waals surface area contributed by atoms with Crippen LogP contribution >= 0.6 is 0 Å². The van der Waals surface area contributed by atoms with Gasteiger partial charge in [0.15, 0.2) is 12.4 Å². The van der Waals surface area contributed by atoms with Gasteiger partial charge in [-0.25, -0.2) is 4.39 Å². The molecule has 0 saturated carbocycles. The summed E-state index contributed by atoms with van der Waals surface area (Å²) < 4.78 is 18.3. The summed E-state index contributed by atoms with van der Waals surface area (Å²) in [5, 5.41) is 8.68. The summed E-state index contributed by atoms with van der Waals surface area (Å²) in [6, 6.07) is 7.82. The van der Waals surface area contributed by atoms with Crippen molar-refractivity contribution >= 4 is 11.7 Å². The lowest BCUT2D eigenvalue weighted by atomic mass is 10.2. The van der Waals surface area contributed by atoms with Crippen molar-refractivity contribution in [3.8, 4) is 5.75 Å². The molecule has 0 unspecified atom stereocenters. The molecule has 26 heavy (non-hydrogen) atoms. The van der Waals surface area contributed by atoms with Crippen LogP contribution in [-0.4, -0.2) is 53.8 Å². The van der Waals surface area contributed by atoms with E-state index in [2.05, 4.69) is 21.2 Å². The van der Waals surface area contributed by atoms with Gasteiger partial charge in [0.25, 0.3) is 5.91 Å². The largest absolute Gasteiger partial charge is 0.484 e. The van der Waals surface area contributed by atoms with Gasteiger partial charge in [-0.2, -0.15) is 5.10 Å². The molecule has 136 valence electrons. The van der Waals surface area contributed by atoms with Gasteiger partial charge in [-0.3, -0.25) is 4.79 Å². The smallest absolute Gasteiger partial charge is 0.260 e. The molecule has 2 aromatic rings. The summed E-state index contributed by atoms with van der Waals surface area (Å²) in [5.41, 5.74) is 2.43. The van der Waals surface area contributed by atoms with E-state index in [4.69, 9.17) is 4.74 Å². The number of hydrogen-bond acceptors (Lipinski definition) is 5. The Bertz CT molecular complexity index is 789. The Hall–Kier alpha value is -2.70. The summed E-state index contributed by atoms with van der Waals surface area (Å²) >= 11 is 0. The highest BCUT2D eigenvalue weighted by molar-refractivity contribution is 5.78. The average Bonchev–Trinajstić information content (AvgIpc) is 3.15. The van der Waals surface area contributed by atoms with E-state index in [9.17, 15) is 9.18 Å². The maximum atomic E-state index is 12.9. The first-order valence-corrected chi connectivity index (χ1v) is 8.95. The van der Waals surface area contributed by atoms with Gasteiger partial charge in [0.1, 0.15) is 11.6 Å². The lowest BCUT2D eigenvalue weighted by Crippen LogP contribution is -2.50. The van der Waals surface area contributed by atoms with Crippen LogP contribution in [0.15, 0.2) is 30.3 Å². The van der Waals surface area contributed by atoms with Crippen molar-refractivity contribution in [2.45, 2.75) is 19.3 Å². The van der Waals surface area contributed by atoms with Crippen LogP contribution in [0.25, 0.3) is 0 Å². The predicted octanol–water partition coefficient (Wildman–Crippen LogP) is 1.83. The van der Waals surface area contributed by atoms with E-state index in [0.717, 1.165) is 43.9 Å². The highest BCUT2D eigenvalue weighted by atomic mass is 19.1. The molecule has 1 fully saturated rings. The molecule has 0 atom stereocenters. The Morgan fingerprint density at radius 1 is 1.08 bits per heavy atom. The SMILES string of the molecule is O=C(COc1ccc(F)cc1)N1CCN(c2cc3c(nn2)CCC3)CC1. The Morgan fingerprint density at radius 3 is 2.62 bits per heavy atom. The highest BCUT2D eigenvalue weighted by Crippen LogP contribution is 2.23. The molecular weight excluding hydrogens is 335 g/mol. The number of carbonyl (C=O) groups excluding carboxylic acids is 1. The number of piperazine rings is 1. The molecule has 2 heterocycles. The molecule has 4 rings (SSSR count). The van der Waals surface area contributed by atoms with Gasteiger partial charge in [-0.1, -0.05) is 0 Å². The molecule has 1 aliphatic heterocycles. The fourth-order valence-electron chi connectivity index (χ4n) is 3.42. The van der Waals surface area contributed by atoms with Crippen molar-refractivity contribution in [2.75, 3.05) is 37.7 Å². The summed E-state index contributed by atoms with van der Waals surface area (Å²) in [6.45, 7) is 2.69. The molecule has 0 spiro atoms. The average molecular weight is 356 g/mol. The quantitative estimate of drug-likeness (QED) is 0.837. The first kappa shape index (κ1) is 16.8. The van der Waals surface area contributed by atoms with E-state index in [1.165, 1.54) is 29.8 Å². The number of amides is 1. The first-order valence-electron chi connectivity index (χ1n) is 8.95. The van der Waals surface area contributed by atoms with Gasteiger partial charge in [0, 0.05) is 26.2 Å². The Morgan fingerprint density at radius 2 is 1.85 bits per heavy atom. The zero-order valence-corrected chi connectivity index (χ0v) is 14.5. The number of carbonyl (C=O) groups is 1. The van der Waals surface area contributed by atoms with Gasteiger partial charge in [-0.15, -0.1) is 5.10 Å². The fraction of sp³-hybridized carbons (Fsp3) is 0.421. The molecule has 0 bridgehead atoms. The van der Waals surface area contributed by atoms with Crippen LogP contribution in [0.5, 0.6) is 5.75 Å². The molecule has 1 aromatic carbocycles. The third-order valence-electron chi connectivity index (χ3n) is 4.94.